The Hall–Kier alpha value is -3.25. The fraction of sp³-hybridized carbons (Fsp3) is 0.400. The normalized spacial score (nSPS) is 17.2. The highest BCUT2D eigenvalue weighted by atomic mass is 32.1. The topological polar surface area (TPSA) is 125 Å². The molecule has 0 radical (unpaired) electrons. The molecule has 1 aromatic carbocycles. The minimum absolute atomic E-state index is 0.0995. The van der Waals surface area contributed by atoms with Crippen LogP contribution in [0.4, 0.5) is 10.1 Å². The Labute approximate surface area is 186 Å². The molecule has 0 atom stereocenters. The van der Waals surface area contributed by atoms with Crippen molar-refractivity contribution in [1.82, 2.24) is 24.3 Å². The zero-order chi connectivity index (χ0) is 22.6. The van der Waals surface area contributed by atoms with Crippen molar-refractivity contribution in [3.63, 3.8) is 0 Å². The number of nitrogens with zero attached hydrogens (tertiary/aromatic N) is 5. The molecule has 1 aliphatic heterocycles. The molecule has 2 aliphatic rings. The van der Waals surface area contributed by atoms with E-state index >= 15 is 4.39 Å². The van der Waals surface area contributed by atoms with Gasteiger partial charge in [0.2, 0.25) is 10.2 Å². The summed E-state index contributed by atoms with van der Waals surface area (Å²) < 4.78 is 18.6. The van der Waals surface area contributed by atoms with Crippen LogP contribution in [0.25, 0.3) is 10.9 Å². The lowest BCUT2D eigenvalue weighted by molar-refractivity contribution is 0.0695. The maximum absolute atomic E-state index is 15.1. The first-order valence-corrected chi connectivity index (χ1v) is 10.7. The van der Waals surface area contributed by atoms with Crippen LogP contribution in [0.2, 0.25) is 0 Å². The number of nitrogen functional groups attached to an aromatic ring is 1. The number of halogens is 1. The number of carbonyl (C=O) groups is 1. The number of anilines is 1. The third-order valence-corrected chi connectivity index (χ3v) is 6.41. The van der Waals surface area contributed by atoms with Gasteiger partial charge in [0.15, 0.2) is 5.82 Å². The zero-order valence-electron chi connectivity index (χ0n) is 17.1. The van der Waals surface area contributed by atoms with Crippen LogP contribution in [0.5, 0.6) is 0 Å². The highest BCUT2D eigenvalue weighted by Crippen LogP contribution is 2.38. The second-order valence-electron chi connectivity index (χ2n) is 8.21. The highest BCUT2D eigenvalue weighted by Gasteiger charge is 2.28. The second-order valence-corrected chi connectivity index (χ2v) is 8.60. The Balaban J connectivity index is 1.43. The Morgan fingerprint density at radius 2 is 2.00 bits per heavy atom. The molecule has 3 heterocycles. The van der Waals surface area contributed by atoms with E-state index in [1.54, 1.807) is 6.07 Å². The van der Waals surface area contributed by atoms with E-state index in [-0.39, 0.29) is 17.0 Å². The van der Waals surface area contributed by atoms with E-state index in [0.29, 0.717) is 54.5 Å². The molecule has 168 valence electrons. The molecule has 5 rings (SSSR count). The first-order valence-electron chi connectivity index (χ1n) is 10.3. The van der Waals surface area contributed by atoms with Gasteiger partial charge in [0, 0.05) is 43.8 Å². The summed E-state index contributed by atoms with van der Waals surface area (Å²) in [6.45, 7) is 3.03. The van der Waals surface area contributed by atoms with Gasteiger partial charge in [-0.05, 0) is 37.2 Å². The van der Waals surface area contributed by atoms with E-state index in [9.17, 15) is 14.7 Å². The van der Waals surface area contributed by atoms with Gasteiger partial charge in [0.25, 0.3) is 0 Å². The summed E-state index contributed by atoms with van der Waals surface area (Å²) >= 11 is 5.04. The van der Waals surface area contributed by atoms with Gasteiger partial charge in [0.1, 0.15) is 11.4 Å². The Kier molecular flexibility index (Phi) is 4.97. The maximum Gasteiger partial charge on any atom is 0.341 e. The Morgan fingerprint density at radius 3 is 2.59 bits per heavy atom. The molecule has 1 aliphatic carbocycles. The van der Waals surface area contributed by atoms with Crippen LogP contribution < -0.4 is 16.2 Å². The number of aromatic amines is 1. The third-order valence-electron chi connectivity index (χ3n) is 6.13. The fourth-order valence-electron chi connectivity index (χ4n) is 4.20. The van der Waals surface area contributed by atoms with Crippen LogP contribution in [0.3, 0.4) is 0 Å². The average Bonchev–Trinajstić information content (AvgIpc) is 3.57. The number of pyridine rings is 1. The number of hydrogen-bond donors (Lipinski definition) is 3. The number of rotatable bonds is 5. The SMILES string of the molecule is Nn1c(CN2CCN(c3cc4c(cc3F)c(=O)c(C(=O)O)cn4C3CC3)CC2)n[nH]c1=S. The van der Waals surface area contributed by atoms with Crippen molar-refractivity contribution in [2.75, 3.05) is 36.9 Å². The minimum Gasteiger partial charge on any atom is -0.477 e. The number of nitrogens with one attached hydrogen (secondary N) is 1. The lowest BCUT2D eigenvalue weighted by atomic mass is 10.1. The summed E-state index contributed by atoms with van der Waals surface area (Å²) in [5.41, 5.74) is -0.00619. The number of benzene rings is 1. The van der Waals surface area contributed by atoms with Gasteiger partial charge in [-0.3, -0.25) is 14.8 Å². The van der Waals surface area contributed by atoms with Gasteiger partial charge in [-0.2, -0.15) is 5.10 Å². The van der Waals surface area contributed by atoms with E-state index in [1.165, 1.54) is 16.9 Å². The minimum atomic E-state index is -1.30. The summed E-state index contributed by atoms with van der Waals surface area (Å²) in [5.74, 6) is 4.66. The number of aromatic carboxylic acids is 1. The van der Waals surface area contributed by atoms with E-state index in [1.807, 2.05) is 9.47 Å². The fourth-order valence-corrected chi connectivity index (χ4v) is 4.35. The van der Waals surface area contributed by atoms with Gasteiger partial charge < -0.3 is 20.4 Å². The maximum atomic E-state index is 15.1. The Bertz CT molecular complexity index is 1340. The van der Waals surface area contributed by atoms with Crippen molar-refractivity contribution >= 4 is 34.8 Å². The summed E-state index contributed by atoms with van der Waals surface area (Å²) in [6, 6.07) is 2.99. The largest absolute Gasteiger partial charge is 0.477 e. The molecular formula is C20H22FN7O3S. The molecule has 32 heavy (non-hydrogen) atoms. The number of hydrogen-bond acceptors (Lipinski definition) is 7. The van der Waals surface area contributed by atoms with Crippen molar-refractivity contribution in [1.29, 1.82) is 0 Å². The standard InChI is InChI=1S/C20H22FN7O3S/c21-14-7-12-15(27(11-1-2-11)9-13(18(12)29)19(30)31)8-16(14)26-5-3-25(4-6-26)10-17-23-24-20(32)28(17)22/h7-9,11H,1-6,10,22H2,(H,24,32)(H,30,31). The monoisotopic (exact) mass is 459 g/mol. The molecule has 0 spiro atoms. The number of carboxylic acids is 1. The van der Waals surface area contributed by atoms with Crippen molar-refractivity contribution in [3.05, 3.63) is 50.5 Å². The van der Waals surface area contributed by atoms with Crippen LogP contribution in [0, 0.1) is 10.6 Å². The van der Waals surface area contributed by atoms with Gasteiger partial charge in [0.05, 0.1) is 17.7 Å². The molecule has 0 amide bonds. The van der Waals surface area contributed by atoms with Crippen molar-refractivity contribution in [2.45, 2.75) is 25.4 Å². The lowest BCUT2D eigenvalue weighted by Crippen LogP contribution is -2.46. The van der Waals surface area contributed by atoms with Crippen LogP contribution in [-0.2, 0) is 6.54 Å². The summed E-state index contributed by atoms with van der Waals surface area (Å²) in [5, 5.41) is 16.3. The van der Waals surface area contributed by atoms with Crippen LogP contribution in [0.1, 0.15) is 35.1 Å². The van der Waals surface area contributed by atoms with Gasteiger partial charge in [-0.15, -0.1) is 0 Å². The molecule has 2 fully saturated rings. The summed E-state index contributed by atoms with van der Waals surface area (Å²) in [7, 11) is 0. The third kappa shape index (κ3) is 3.54. The second kappa shape index (κ2) is 7.71. The van der Waals surface area contributed by atoms with Crippen molar-refractivity contribution < 1.29 is 14.3 Å². The number of aromatic nitrogens is 4. The lowest BCUT2D eigenvalue weighted by Gasteiger charge is -2.36. The first-order chi connectivity index (χ1) is 15.3. The number of fused-ring (bicyclic) bond motifs is 1. The zero-order valence-corrected chi connectivity index (χ0v) is 17.9. The molecule has 10 nitrogen and oxygen atoms in total. The molecular weight excluding hydrogens is 437 g/mol. The number of carboxylic acid groups (broad SMARTS) is 1. The Morgan fingerprint density at radius 1 is 1.28 bits per heavy atom. The molecule has 3 aromatic rings. The molecule has 4 N–H and O–H groups in total. The predicted molar refractivity (Wildman–Crippen MR) is 118 cm³/mol. The van der Waals surface area contributed by atoms with E-state index in [0.717, 1.165) is 12.8 Å². The molecule has 2 aromatic heterocycles. The molecule has 1 saturated heterocycles. The number of nitrogens with two attached hydrogens (primary N) is 1. The van der Waals surface area contributed by atoms with Gasteiger partial charge >= 0.3 is 5.97 Å². The van der Waals surface area contributed by atoms with E-state index < -0.39 is 17.2 Å². The summed E-state index contributed by atoms with van der Waals surface area (Å²) in [6.07, 6.45) is 3.20. The average molecular weight is 460 g/mol. The van der Waals surface area contributed by atoms with Crippen molar-refractivity contribution in [3.8, 4) is 0 Å². The number of H-pyrrole nitrogens is 1. The number of piperazine rings is 1. The molecule has 0 unspecified atom stereocenters. The first kappa shape index (κ1) is 20.6. The van der Waals surface area contributed by atoms with Crippen LogP contribution in [0.15, 0.2) is 23.1 Å². The van der Waals surface area contributed by atoms with Crippen LogP contribution in [-0.4, -0.2) is 61.6 Å². The smallest absolute Gasteiger partial charge is 0.341 e. The van der Waals surface area contributed by atoms with E-state index in [4.69, 9.17) is 18.1 Å². The quantitative estimate of drug-likeness (QED) is 0.387. The summed E-state index contributed by atoms with van der Waals surface area (Å²) in [4.78, 5) is 28.2. The van der Waals surface area contributed by atoms with Gasteiger partial charge in [-0.1, -0.05) is 0 Å². The molecule has 1 saturated carbocycles. The molecule has 0 bridgehead atoms. The van der Waals surface area contributed by atoms with Crippen molar-refractivity contribution in [2.24, 2.45) is 0 Å². The van der Waals surface area contributed by atoms with Crippen LogP contribution >= 0.6 is 12.2 Å². The van der Waals surface area contributed by atoms with E-state index in [2.05, 4.69) is 15.1 Å². The predicted octanol–water partition coefficient (Wildman–Crippen LogP) is 1.46. The highest BCUT2D eigenvalue weighted by molar-refractivity contribution is 7.71. The molecule has 12 heteroatoms. The van der Waals surface area contributed by atoms with Gasteiger partial charge in [-0.25, -0.2) is 13.9 Å².